The number of thiophene rings is 1. The number of carbonyl (C=O) groups is 2. The van der Waals surface area contributed by atoms with Gasteiger partial charge in [-0.15, -0.1) is 11.3 Å². The Balaban J connectivity index is 1.90. The molecule has 0 bridgehead atoms. The van der Waals surface area contributed by atoms with Gasteiger partial charge in [-0.1, -0.05) is 24.3 Å². The molecule has 2 aromatic rings. The lowest BCUT2D eigenvalue weighted by molar-refractivity contribution is 0.0739. The smallest absolute Gasteiger partial charge is 0.254 e. The Morgan fingerprint density at radius 3 is 2.59 bits per heavy atom. The van der Waals surface area contributed by atoms with Crippen molar-refractivity contribution in [3.63, 3.8) is 0 Å². The van der Waals surface area contributed by atoms with Gasteiger partial charge in [0.05, 0.1) is 10.4 Å². The van der Waals surface area contributed by atoms with E-state index in [4.69, 9.17) is 0 Å². The highest BCUT2D eigenvalue weighted by Crippen LogP contribution is 2.20. The molecule has 22 heavy (non-hydrogen) atoms. The van der Waals surface area contributed by atoms with Crippen molar-refractivity contribution in [3.8, 4) is 0 Å². The highest BCUT2D eigenvalue weighted by Gasteiger charge is 2.27. The predicted molar refractivity (Wildman–Crippen MR) is 87.6 cm³/mol. The van der Waals surface area contributed by atoms with Crippen LogP contribution in [0.1, 0.15) is 32.0 Å². The summed E-state index contributed by atoms with van der Waals surface area (Å²) in [6, 6.07) is 10.9. The average molecular weight is 314 g/mol. The standard InChI is InChI=1S/C17H18N2O2S/c1-19(12-8-9-18-11-12)17(21)14-6-3-2-5-13(14)16(20)15-7-4-10-22-15/h2-7,10,12,18H,8-9,11H2,1H3. The maximum absolute atomic E-state index is 12.8. The molecule has 0 aliphatic carbocycles. The third-order valence-electron chi connectivity index (χ3n) is 4.05. The number of hydrogen-bond donors (Lipinski definition) is 1. The maximum atomic E-state index is 12.8. The molecular formula is C17H18N2O2S. The van der Waals surface area contributed by atoms with Crippen LogP contribution in [0.15, 0.2) is 41.8 Å². The Bertz CT molecular complexity index is 676. The number of ketones is 1. The zero-order valence-corrected chi connectivity index (χ0v) is 13.2. The fourth-order valence-corrected chi connectivity index (χ4v) is 3.41. The lowest BCUT2D eigenvalue weighted by Crippen LogP contribution is -2.39. The Morgan fingerprint density at radius 1 is 1.18 bits per heavy atom. The van der Waals surface area contributed by atoms with E-state index in [-0.39, 0.29) is 17.7 Å². The molecule has 2 heterocycles. The average Bonchev–Trinajstić information content (AvgIpc) is 3.25. The molecule has 1 atom stereocenters. The number of carbonyl (C=O) groups excluding carboxylic acids is 2. The molecule has 1 fully saturated rings. The summed E-state index contributed by atoms with van der Waals surface area (Å²) in [6.07, 6.45) is 0.948. The van der Waals surface area contributed by atoms with Crippen molar-refractivity contribution in [1.29, 1.82) is 0 Å². The highest BCUT2D eigenvalue weighted by molar-refractivity contribution is 7.12. The lowest BCUT2D eigenvalue weighted by Gasteiger charge is -2.24. The van der Waals surface area contributed by atoms with E-state index < -0.39 is 0 Å². The third-order valence-corrected chi connectivity index (χ3v) is 4.92. The second kappa shape index (κ2) is 6.42. The topological polar surface area (TPSA) is 49.4 Å². The van der Waals surface area contributed by atoms with Crippen LogP contribution in [0.3, 0.4) is 0 Å². The molecule has 1 saturated heterocycles. The highest BCUT2D eigenvalue weighted by atomic mass is 32.1. The lowest BCUT2D eigenvalue weighted by atomic mass is 10.0. The largest absolute Gasteiger partial charge is 0.337 e. The van der Waals surface area contributed by atoms with Gasteiger partial charge in [-0.25, -0.2) is 0 Å². The molecule has 0 spiro atoms. The SMILES string of the molecule is CN(C(=O)c1ccccc1C(=O)c1cccs1)C1CCNC1. The predicted octanol–water partition coefficient (Wildman–Crippen LogP) is 2.41. The summed E-state index contributed by atoms with van der Waals surface area (Å²) < 4.78 is 0. The van der Waals surface area contributed by atoms with Crippen molar-refractivity contribution in [2.24, 2.45) is 0 Å². The van der Waals surface area contributed by atoms with Crippen molar-refractivity contribution in [3.05, 3.63) is 57.8 Å². The summed E-state index contributed by atoms with van der Waals surface area (Å²) in [5.41, 5.74) is 0.961. The molecule has 1 amide bonds. The van der Waals surface area contributed by atoms with E-state index in [2.05, 4.69) is 5.32 Å². The number of nitrogens with zero attached hydrogens (tertiary/aromatic N) is 1. The first kappa shape index (κ1) is 14.9. The summed E-state index contributed by atoms with van der Waals surface area (Å²) >= 11 is 1.40. The fraction of sp³-hybridized carbons (Fsp3) is 0.294. The van der Waals surface area contributed by atoms with E-state index in [9.17, 15) is 9.59 Å². The van der Waals surface area contributed by atoms with E-state index in [0.29, 0.717) is 16.0 Å². The number of rotatable bonds is 4. The minimum Gasteiger partial charge on any atom is -0.337 e. The molecule has 4 nitrogen and oxygen atoms in total. The summed E-state index contributed by atoms with van der Waals surface area (Å²) in [7, 11) is 1.81. The molecule has 1 aromatic heterocycles. The van der Waals surface area contributed by atoms with Gasteiger partial charge >= 0.3 is 0 Å². The molecule has 114 valence electrons. The molecule has 1 N–H and O–H groups in total. The Labute approximate surface area is 133 Å². The molecule has 3 rings (SSSR count). The molecule has 1 aromatic carbocycles. The van der Waals surface area contributed by atoms with Crippen molar-refractivity contribution in [1.82, 2.24) is 10.2 Å². The first-order chi connectivity index (χ1) is 10.7. The van der Waals surface area contributed by atoms with E-state index in [1.54, 1.807) is 35.2 Å². The van der Waals surface area contributed by atoms with E-state index >= 15 is 0 Å². The van der Waals surface area contributed by atoms with Crippen LogP contribution in [0.5, 0.6) is 0 Å². The monoisotopic (exact) mass is 314 g/mol. The van der Waals surface area contributed by atoms with Gasteiger partial charge in [-0.3, -0.25) is 9.59 Å². The van der Waals surface area contributed by atoms with Crippen LogP contribution in [0.4, 0.5) is 0 Å². The first-order valence-electron chi connectivity index (χ1n) is 7.33. The maximum Gasteiger partial charge on any atom is 0.254 e. The summed E-state index contributed by atoms with van der Waals surface area (Å²) in [5.74, 6) is -0.175. The van der Waals surface area contributed by atoms with Crippen molar-refractivity contribution < 1.29 is 9.59 Å². The molecule has 0 radical (unpaired) electrons. The molecule has 1 unspecified atom stereocenters. The van der Waals surface area contributed by atoms with Crippen LogP contribution >= 0.6 is 11.3 Å². The van der Waals surface area contributed by atoms with Crippen LogP contribution in [-0.2, 0) is 0 Å². The molecule has 1 aliphatic rings. The zero-order chi connectivity index (χ0) is 15.5. The van der Waals surface area contributed by atoms with Gasteiger partial charge in [0.1, 0.15) is 0 Å². The van der Waals surface area contributed by atoms with E-state index in [1.807, 2.05) is 18.5 Å². The third kappa shape index (κ3) is 2.82. The molecule has 0 saturated carbocycles. The Kier molecular flexibility index (Phi) is 4.36. The van der Waals surface area contributed by atoms with Gasteiger partial charge < -0.3 is 10.2 Å². The Morgan fingerprint density at radius 2 is 1.95 bits per heavy atom. The van der Waals surface area contributed by atoms with Crippen molar-refractivity contribution >= 4 is 23.0 Å². The number of benzene rings is 1. The zero-order valence-electron chi connectivity index (χ0n) is 12.4. The van der Waals surface area contributed by atoms with Crippen LogP contribution in [-0.4, -0.2) is 42.8 Å². The van der Waals surface area contributed by atoms with Gasteiger partial charge in [0.25, 0.3) is 5.91 Å². The van der Waals surface area contributed by atoms with Crippen LogP contribution in [0.25, 0.3) is 0 Å². The van der Waals surface area contributed by atoms with Crippen molar-refractivity contribution in [2.45, 2.75) is 12.5 Å². The van der Waals surface area contributed by atoms with Gasteiger partial charge in [0.15, 0.2) is 0 Å². The van der Waals surface area contributed by atoms with Gasteiger partial charge in [-0.05, 0) is 30.5 Å². The van der Waals surface area contributed by atoms with Gasteiger partial charge in [-0.2, -0.15) is 0 Å². The number of likely N-dealkylation sites (N-methyl/N-ethyl adjacent to an activating group) is 1. The summed E-state index contributed by atoms with van der Waals surface area (Å²) in [6.45, 7) is 1.74. The van der Waals surface area contributed by atoms with Crippen molar-refractivity contribution in [2.75, 3.05) is 20.1 Å². The molecule has 5 heteroatoms. The molecule has 1 aliphatic heterocycles. The minimum atomic E-state index is -0.0887. The second-order valence-electron chi connectivity index (χ2n) is 5.41. The number of hydrogen-bond acceptors (Lipinski definition) is 4. The quantitative estimate of drug-likeness (QED) is 0.882. The summed E-state index contributed by atoms with van der Waals surface area (Å²) in [5, 5.41) is 5.13. The first-order valence-corrected chi connectivity index (χ1v) is 8.21. The minimum absolute atomic E-state index is 0.0862. The molecular weight excluding hydrogens is 296 g/mol. The fourth-order valence-electron chi connectivity index (χ4n) is 2.73. The van der Waals surface area contributed by atoms with Crippen LogP contribution in [0, 0.1) is 0 Å². The van der Waals surface area contributed by atoms with E-state index in [1.165, 1.54) is 11.3 Å². The van der Waals surface area contributed by atoms with Gasteiger partial charge in [0.2, 0.25) is 5.78 Å². The second-order valence-corrected chi connectivity index (χ2v) is 6.36. The normalized spacial score (nSPS) is 17.4. The number of nitrogens with one attached hydrogen (secondary N) is 1. The van der Waals surface area contributed by atoms with Crippen LogP contribution in [0.2, 0.25) is 0 Å². The van der Waals surface area contributed by atoms with Crippen LogP contribution < -0.4 is 5.32 Å². The number of amides is 1. The van der Waals surface area contributed by atoms with Gasteiger partial charge in [0, 0.05) is 25.2 Å². The summed E-state index contributed by atoms with van der Waals surface area (Å²) in [4.78, 5) is 27.8. The Hall–Kier alpha value is -1.98. The van der Waals surface area contributed by atoms with E-state index in [0.717, 1.165) is 19.5 Å².